The molecule has 0 bridgehead atoms. The lowest BCUT2D eigenvalue weighted by Crippen LogP contribution is -2.04. The van der Waals surface area contributed by atoms with Gasteiger partial charge in [-0.15, -0.1) is 0 Å². The van der Waals surface area contributed by atoms with Gasteiger partial charge < -0.3 is 0 Å². The van der Waals surface area contributed by atoms with Gasteiger partial charge in [-0.1, -0.05) is 77.2 Å². The van der Waals surface area contributed by atoms with Crippen molar-refractivity contribution < 1.29 is 35.1 Å². The molecule has 0 heterocycles. The molecule has 0 N–H and O–H groups in total. The molecule has 0 fully saturated rings. The van der Waals surface area contributed by atoms with E-state index in [4.69, 9.17) is 0 Å². The molecular formula is C52H36F8. The van der Waals surface area contributed by atoms with Crippen LogP contribution in [0.3, 0.4) is 0 Å². The molecule has 60 heavy (non-hydrogen) atoms. The van der Waals surface area contributed by atoms with Crippen LogP contribution >= 0.6 is 0 Å². The van der Waals surface area contributed by atoms with E-state index in [0.29, 0.717) is 16.7 Å². The van der Waals surface area contributed by atoms with Crippen molar-refractivity contribution in [3.8, 4) is 47.4 Å². The first-order valence-electron chi connectivity index (χ1n) is 18.5. The second-order valence-electron chi connectivity index (χ2n) is 14.3. The van der Waals surface area contributed by atoms with E-state index in [0.717, 1.165) is 63.2 Å². The van der Waals surface area contributed by atoms with Gasteiger partial charge in [-0.25, -0.2) is 35.1 Å². The van der Waals surface area contributed by atoms with Crippen LogP contribution in [0.25, 0.3) is 0 Å². The molecule has 0 aromatic heterocycles. The molecule has 0 aliphatic carbocycles. The Kier molecular flexibility index (Phi) is 13.8. The standard InChI is InChI=1S/2C26H18F4/c1-15-5-7-19(8-6-15)9-11-21-23(27)25(29)22(26(30)24(21)28)12-10-20-14-17(3)16(2)13-18(20)4;1-15-9-17(3)21(10-16(15)2)7-8-22-25(29)13-20(14-26(22)30)6-5-19-11-23(27)18(4)24(28)12-19/h5-8,13-14H,1-4H3;9-14H,1-4H3. The summed E-state index contributed by atoms with van der Waals surface area (Å²) >= 11 is 0. The van der Waals surface area contributed by atoms with Crippen molar-refractivity contribution in [2.75, 3.05) is 0 Å². The van der Waals surface area contributed by atoms with Crippen molar-refractivity contribution in [2.45, 2.75) is 55.4 Å². The molecular weight excluding hydrogens is 777 g/mol. The normalized spacial score (nSPS) is 10.1. The van der Waals surface area contributed by atoms with Crippen molar-refractivity contribution in [2.24, 2.45) is 0 Å². The monoisotopic (exact) mass is 812 g/mol. The summed E-state index contributed by atoms with van der Waals surface area (Å²) in [6.07, 6.45) is 0. The number of hydrogen-bond acceptors (Lipinski definition) is 0. The zero-order chi connectivity index (χ0) is 44.0. The van der Waals surface area contributed by atoms with Crippen molar-refractivity contribution in [3.63, 3.8) is 0 Å². The molecule has 0 amide bonds. The summed E-state index contributed by atoms with van der Waals surface area (Å²) in [5.41, 5.74) is 6.29. The zero-order valence-electron chi connectivity index (χ0n) is 34.0. The smallest absolute Gasteiger partial charge is 0.178 e. The minimum Gasteiger partial charge on any atom is -0.207 e. The summed E-state index contributed by atoms with van der Waals surface area (Å²) < 4.78 is 114. The highest BCUT2D eigenvalue weighted by molar-refractivity contribution is 5.54. The van der Waals surface area contributed by atoms with Crippen LogP contribution < -0.4 is 0 Å². The molecule has 0 saturated carbocycles. The molecule has 6 aromatic rings. The molecule has 6 rings (SSSR count). The Bertz CT molecular complexity index is 2870. The van der Waals surface area contributed by atoms with Crippen LogP contribution in [0.4, 0.5) is 35.1 Å². The molecule has 0 aliphatic heterocycles. The lowest BCUT2D eigenvalue weighted by Gasteiger charge is -2.06. The van der Waals surface area contributed by atoms with Crippen molar-refractivity contribution in [1.82, 2.24) is 0 Å². The van der Waals surface area contributed by atoms with E-state index >= 15 is 0 Å². The fourth-order valence-corrected chi connectivity index (χ4v) is 5.70. The summed E-state index contributed by atoms with van der Waals surface area (Å²) in [7, 11) is 0. The summed E-state index contributed by atoms with van der Waals surface area (Å²) in [6, 6.07) is 18.6. The Morgan fingerprint density at radius 2 is 0.633 bits per heavy atom. The van der Waals surface area contributed by atoms with Gasteiger partial charge in [0.25, 0.3) is 0 Å². The fourth-order valence-electron chi connectivity index (χ4n) is 5.70. The third-order valence-electron chi connectivity index (χ3n) is 9.65. The SMILES string of the molecule is Cc1cc(C)c(C#Cc2c(F)cc(C#Cc3cc(F)c(C)c(F)c3)cc2F)cc1C.Cc1ccc(C#Cc2c(F)c(F)c(C#Cc3cc(C)c(C)cc3C)c(F)c2F)cc1. The van der Waals surface area contributed by atoms with E-state index in [1.807, 2.05) is 59.7 Å². The lowest BCUT2D eigenvalue weighted by atomic mass is 10.0. The van der Waals surface area contributed by atoms with Gasteiger partial charge in [0, 0.05) is 33.4 Å². The van der Waals surface area contributed by atoms with E-state index in [9.17, 15) is 35.1 Å². The Morgan fingerprint density at radius 3 is 1.05 bits per heavy atom. The summed E-state index contributed by atoms with van der Waals surface area (Å²) in [6.45, 7) is 14.6. The minimum atomic E-state index is -1.56. The third kappa shape index (κ3) is 10.3. The van der Waals surface area contributed by atoms with Gasteiger partial charge in [0.05, 0.1) is 5.56 Å². The molecule has 0 atom stereocenters. The van der Waals surface area contributed by atoms with Gasteiger partial charge in [-0.3, -0.25) is 0 Å². The highest BCUT2D eigenvalue weighted by Gasteiger charge is 2.24. The quantitative estimate of drug-likeness (QED) is 0.0814. The number of rotatable bonds is 0. The predicted octanol–water partition coefficient (Wildman–Crippen LogP) is 12.6. The fraction of sp³-hybridized carbons (Fsp3) is 0.154. The molecule has 0 nitrogen and oxygen atoms in total. The van der Waals surface area contributed by atoms with Crippen LogP contribution in [0.1, 0.15) is 89.0 Å². The first-order chi connectivity index (χ1) is 28.3. The van der Waals surface area contributed by atoms with Crippen LogP contribution in [0.2, 0.25) is 0 Å². The van der Waals surface area contributed by atoms with E-state index in [1.165, 1.54) is 6.92 Å². The molecule has 0 aliphatic rings. The topological polar surface area (TPSA) is 0 Å². The van der Waals surface area contributed by atoms with E-state index in [2.05, 4.69) is 47.4 Å². The maximum Gasteiger partial charge on any atom is 0.178 e. The Hall–Kier alpha value is -7.00. The van der Waals surface area contributed by atoms with Crippen molar-refractivity contribution in [1.29, 1.82) is 0 Å². The summed E-state index contributed by atoms with van der Waals surface area (Å²) in [5, 5.41) is 0. The van der Waals surface area contributed by atoms with E-state index in [-0.39, 0.29) is 22.3 Å². The van der Waals surface area contributed by atoms with E-state index < -0.39 is 57.7 Å². The second-order valence-corrected chi connectivity index (χ2v) is 14.3. The first-order valence-corrected chi connectivity index (χ1v) is 18.5. The van der Waals surface area contributed by atoms with Crippen molar-refractivity contribution >= 4 is 0 Å². The minimum absolute atomic E-state index is 0.0410. The zero-order valence-corrected chi connectivity index (χ0v) is 34.0. The number of aryl methyl sites for hydroxylation is 7. The molecule has 0 unspecified atom stereocenters. The maximum absolute atomic E-state index is 14.5. The molecule has 0 spiro atoms. The number of halogens is 8. The second kappa shape index (κ2) is 18.7. The van der Waals surface area contributed by atoms with Gasteiger partial charge in [0.1, 0.15) is 34.4 Å². The molecule has 6 aromatic carbocycles. The predicted molar refractivity (Wildman–Crippen MR) is 220 cm³/mol. The third-order valence-corrected chi connectivity index (χ3v) is 9.65. The largest absolute Gasteiger partial charge is 0.207 e. The lowest BCUT2D eigenvalue weighted by molar-refractivity contribution is 0.447. The van der Waals surface area contributed by atoms with E-state index in [1.54, 1.807) is 37.3 Å². The van der Waals surface area contributed by atoms with Crippen LogP contribution in [-0.2, 0) is 0 Å². The Morgan fingerprint density at radius 1 is 0.300 bits per heavy atom. The van der Waals surface area contributed by atoms with Gasteiger partial charge >= 0.3 is 0 Å². The molecule has 0 radical (unpaired) electrons. The van der Waals surface area contributed by atoms with Crippen molar-refractivity contribution in [3.05, 3.63) is 208 Å². The summed E-state index contributed by atoms with van der Waals surface area (Å²) in [5.74, 6) is 10.6. The molecule has 300 valence electrons. The Balaban J connectivity index is 0.000000228. The maximum atomic E-state index is 14.5. The molecule has 0 saturated heterocycles. The van der Waals surface area contributed by atoms with Crippen LogP contribution in [0, 0.1) is 149 Å². The highest BCUT2D eigenvalue weighted by atomic mass is 19.2. The Labute approximate surface area is 345 Å². The average molecular weight is 813 g/mol. The number of hydrogen-bond donors (Lipinski definition) is 0. The van der Waals surface area contributed by atoms with Gasteiger partial charge in [0.2, 0.25) is 0 Å². The molecule has 8 heteroatoms. The van der Waals surface area contributed by atoms with Crippen LogP contribution in [-0.4, -0.2) is 0 Å². The number of benzene rings is 6. The van der Waals surface area contributed by atoms with Gasteiger partial charge in [-0.2, -0.15) is 0 Å². The first kappa shape index (κ1) is 44.1. The average Bonchev–Trinajstić information content (AvgIpc) is 3.19. The van der Waals surface area contributed by atoms with Gasteiger partial charge in [-0.05, 0) is 137 Å². The highest BCUT2D eigenvalue weighted by Crippen LogP contribution is 2.24. The van der Waals surface area contributed by atoms with Crippen LogP contribution in [0.5, 0.6) is 0 Å². The van der Waals surface area contributed by atoms with Gasteiger partial charge in [0.15, 0.2) is 23.3 Å². The summed E-state index contributed by atoms with van der Waals surface area (Å²) in [4.78, 5) is 0. The van der Waals surface area contributed by atoms with Crippen LogP contribution in [0.15, 0.2) is 72.8 Å².